The number of alkyl halides is 3. The smallest absolute Gasteiger partial charge is 0.416 e. The first-order valence-corrected chi connectivity index (χ1v) is 9.29. The van der Waals surface area contributed by atoms with Crippen LogP contribution in [0.25, 0.3) is 0 Å². The number of aliphatic hydroxyl groups is 1. The molecule has 1 N–H and O–H groups in total. The molecule has 3 rings (SSSR count). The predicted molar refractivity (Wildman–Crippen MR) is 104 cm³/mol. The standard InChI is InChI=1S/C23H20F3NO3/c24-23(25,26)19-10-4-8-17(12-19)15-30-22(29)20(13-16-6-2-1-3-7-16)21(28)18-9-5-11-27-14-18/h1-12,14,20-21,28H,13,15H2. The molecule has 2 unspecified atom stereocenters. The van der Waals surface area contributed by atoms with E-state index < -0.39 is 29.7 Å². The molecule has 1 aromatic heterocycles. The lowest BCUT2D eigenvalue weighted by Gasteiger charge is -2.22. The Labute approximate surface area is 172 Å². The van der Waals surface area contributed by atoms with E-state index in [1.54, 1.807) is 18.3 Å². The number of carbonyl (C=O) groups is 1. The maximum atomic E-state index is 12.9. The number of rotatable bonds is 7. The lowest BCUT2D eigenvalue weighted by molar-refractivity contribution is -0.154. The van der Waals surface area contributed by atoms with Crippen LogP contribution in [0.4, 0.5) is 13.2 Å². The van der Waals surface area contributed by atoms with Crippen LogP contribution in [0.2, 0.25) is 0 Å². The van der Waals surface area contributed by atoms with Gasteiger partial charge in [0.05, 0.1) is 17.6 Å². The van der Waals surface area contributed by atoms with Gasteiger partial charge in [-0.25, -0.2) is 0 Å². The number of aliphatic hydroxyl groups excluding tert-OH is 1. The Hall–Kier alpha value is -3.19. The molecule has 156 valence electrons. The molecule has 0 radical (unpaired) electrons. The lowest BCUT2D eigenvalue weighted by Crippen LogP contribution is -2.27. The van der Waals surface area contributed by atoms with E-state index in [0.29, 0.717) is 5.56 Å². The Bertz CT molecular complexity index is 962. The van der Waals surface area contributed by atoms with Crippen molar-refractivity contribution < 1.29 is 27.8 Å². The molecular formula is C23H20F3NO3. The third-order valence-corrected chi connectivity index (χ3v) is 4.64. The zero-order valence-corrected chi connectivity index (χ0v) is 15.9. The maximum absolute atomic E-state index is 12.9. The van der Waals surface area contributed by atoms with Crippen LogP contribution in [0.3, 0.4) is 0 Å². The Morgan fingerprint density at radius 2 is 1.73 bits per heavy atom. The molecule has 30 heavy (non-hydrogen) atoms. The van der Waals surface area contributed by atoms with Gasteiger partial charge in [-0.2, -0.15) is 13.2 Å². The van der Waals surface area contributed by atoms with E-state index in [-0.39, 0.29) is 18.6 Å². The zero-order valence-electron chi connectivity index (χ0n) is 15.9. The van der Waals surface area contributed by atoms with Crippen LogP contribution in [-0.2, 0) is 28.7 Å². The van der Waals surface area contributed by atoms with Gasteiger partial charge in [0.15, 0.2) is 0 Å². The van der Waals surface area contributed by atoms with Gasteiger partial charge in [0.25, 0.3) is 0 Å². The summed E-state index contributed by atoms with van der Waals surface area (Å²) >= 11 is 0. The highest BCUT2D eigenvalue weighted by molar-refractivity contribution is 5.74. The van der Waals surface area contributed by atoms with Gasteiger partial charge in [0.2, 0.25) is 0 Å². The number of ether oxygens (including phenoxy) is 1. The normalized spacial score (nSPS) is 13.5. The molecule has 1 heterocycles. The van der Waals surface area contributed by atoms with Gasteiger partial charge in [-0.1, -0.05) is 48.5 Å². The molecule has 2 atom stereocenters. The molecule has 0 aliphatic heterocycles. The van der Waals surface area contributed by atoms with Crippen LogP contribution >= 0.6 is 0 Å². The number of esters is 1. The summed E-state index contributed by atoms with van der Waals surface area (Å²) in [6, 6.07) is 17.0. The second-order valence-corrected chi connectivity index (χ2v) is 6.83. The van der Waals surface area contributed by atoms with Crippen molar-refractivity contribution in [2.24, 2.45) is 5.92 Å². The van der Waals surface area contributed by atoms with Crippen molar-refractivity contribution in [3.8, 4) is 0 Å². The van der Waals surface area contributed by atoms with E-state index in [4.69, 9.17) is 4.74 Å². The van der Waals surface area contributed by atoms with Gasteiger partial charge in [-0.05, 0) is 41.3 Å². The van der Waals surface area contributed by atoms with E-state index in [9.17, 15) is 23.1 Å². The quantitative estimate of drug-likeness (QED) is 0.567. The van der Waals surface area contributed by atoms with Crippen LogP contribution in [0.1, 0.15) is 28.4 Å². The van der Waals surface area contributed by atoms with Crippen LogP contribution in [0.5, 0.6) is 0 Å². The topological polar surface area (TPSA) is 59.4 Å². The average molecular weight is 415 g/mol. The molecular weight excluding hydrogens is 395 g/mol. The van der Waals surface area contributed by atoms with Gasteiger partial charge < -0.3 is 9.84 Å². The highest BCUT2D eigenvalue weighted by atomic mass is 19.4. The Kier molecular flexibility index (Phi) is 6.84. The lowest BCUT2D eigenvalue weighted by atomic mass is 9.90. The van der Waals surface area contributed by atoms with E-state index in [1.165, 1.54) is 18.3 Å². The second-order valence-electron chi connectivity index (χ2n) is 6.83. The summed E-state index contributed by atoms with van der Waals surface area (Å²) in [5.74, 6) is -1.64. The summed E-state index contributed by atoms with van der Waals surface area (Å²) in [5.41, 5.74) is 0.677. The Morgan fingerprint density at radius 1 is 1.00 bits per heavy atom. The monoisotopic (exact) mass is 415 g/mol. The fourth-order valence-electron chi connectivity index (χ4n) is 3.07. The zero-order chi connectivity index (χ0) is 21.6. The first-order valence-electron chi connectivity index (χ1n) is 9.29. The van der Waals surface area contributed by atoms with Crippen LogP contribution < -0.4 is 0 Å². The third kappa shape index (κ3) is 5.67. The minimum absolute atomic E-state index is 0.207. The number of carbonyl (C=O) groups excluding carboxylic acids is 1. The minimum atomic E-state index is -4.48. The third-order valence-electron chi connectivity index (χ3n) is 4.64. The summed E-state index contributed by atoms with van der Waals surface area (Å²) in [7, 11) is 0. The number of hydrogen-bond donors (Lipinski definition) is 1. The number of benzene rings is 2. The average Bonchev–Trinajstić information content (AvgIpc) is 2.76. The van der Waals surface area contributed by atoms with Crippen LogP contribution in [0, 0.1) is 5.92 Å². The molecule has 0 amide bonds. The molecule has 4 nitrogen and oxygen atoms in total. The van der Waals surface area contributed by atoms with Crippen molar-refractivity contribution in [1.82, 2.24) is 4.98 Å². The first kappa shape index (κ1) is 21.5. The number of halogens is 3. The summed E-state index contributed by atoms with van der Waals surface area (Å²) in [6.45, 7) is -0.326. The SMILES string of the molecule is O=C(OCc1cccc(C(F)(F)F)c1)C(Cc1ccccc1)C(O)c1cccnc1. The van der Waals surface area contributed by atoms with Crippen molar-refractivity contribution in [3.05, 3.63) is 101 Å². The predicted octanol–water partition coefficient (Wildman–Crippen LogP) is 4.74. The number of nitrogens with zero attached hydrogens (tertiary/aromatic N) is 1. The molecule has 0 saturated heterocycles. The number of pyridine rings is 1. The van der Waals surface area contributed by atoms with E-state index in [1.807, 2.05) is 30.3 Å². The van der Waals surface area contributed by atoms with Crippen molar-refractivity contribution in [2.45, 2.75) is 25.3 Å². The van der Waals surface area contributed by atoms with E-state index >= 15 is 0 Å². The maximum Gasteiger partial charge on any atom is 0.416 e. The van der Waals surface area contributed by atoms with E-state index in [0.717, 1.165) is 17.7 Å². The van der Waals surface area contributed by atoms with Gasteiger partial charge in [0, 0.05) is 12.4 Å². The molecule has 0 spiro atoms. The summed E-state index contributed by atoms with van der Waals surface area (Å²) in [4.78, 5) is 16.8. The molecule has 0 bridgehead atoms. The molecule has 7 heteroatoms. The molecule has 0 saturated carbocycles. The number of aromatic nitrogens is 1. The Balaban J connectivity index is 1.76. The van der Waals surface area contributed by atoms with Gasteiger partial charge in [0.1, 0.15) is 6.61 Å². The summed E-state index contributed by atoms with van der Waals surface area (Å²) < 4.78 is 43.9. The van der Waals surface area contributed by atoms with Crippen molar-refractivity contribution in [3.63, 3.8) is 0 Å². The van der Waals surface area contributed by atoms with Crippen molar-refractivity contribution in [2.75, 3.05) is 0 Å². The number of hydrogen-bond acceptors (Lipinski definition) is 4. The molecule has 3 aromatic rings. The summed E-state index contributed by atoms with van der Waals surface area (Å²) in [5, 5.41) is 10.8. The van der Waals surface area contributed by atoms with Crippen molar-refractivity contribution in [1.29, 1.82) is 0 Å². The molecule has 0 aliphatic carbocycles. The van der Waals surface area contributed by atoms with Crippen LogP contribution in [-0.4, -0.2) is 16.1 Å². The summed E-state index contributed by atoms with van der Waals surface area (Å²) in [6.07, 6.45) is -2.44. The molecule has 0 fully saturated rings. The largest absolute Gasteiger partial charge is 0.461 e. The Morgan fingerprint density at radius 3 is 2.40 bits per heavy atom. The van der Waals surface area contributed by atoms with Crippen molar-refractivity contribution >= 4 is 5.97 Å². The van der Waals surface area contributed by atoms with Gasteiger partial charge in [-0.15, -0.1) is 0 Å². The van der Waals surface area contributed by atoms with E-state index in [2.05, 4.69) is 4.98 Å². The molecule has 0 aliphatic rings. The van der Waals surface area contributed by atoms with Gasteiger partial charge >= 0.3 is 12.1 Å². The van der Waals surface area contributed by atoms with Crippen LogP contribution in [0.15, 0.2) is 79.1 Å². The highest BCUT2D eigenvalue weighted by Gasteiger charge is 2.32. The minimum Gasteiger partial charge on any atom is -0.461 e. The highest BCUT2D eigenvalue weighted by Crippen LogP contribution is 2.30. The first-order chi connectivity index (χ1) is 14.3. The fraction of sp³-hybridized carbons (Fsp3) is 0.217. The molecule has 2 aromatic carbocycles. The fourth-order valence-corrected chi connectivity index (χ4v) is 3.07. The second kappa shape index (κ2) is 9.54. The van der Waals surface area contributed by atoms with Gasteiger partial charge in [-0.3, -0.25) is 9.78 Å².